The van der Waals surface area contributed by atoms with E-state index in [-0.39, 0.29) is 5.54 Å². The van der Waals surface area contributed by atoms with Crippen molar-refractivity contribution in [1.29, 1.82) is 0 Å². The standard InChI is InChI=1S/C19H25N5/c1-11(2)13-7-9-14(10-8-13)16-15-17(20)21-12(3)22-18(15)24(23-16)19(4,5)6/h7-11H,1-6H3,(H2,20,21,22). The summed E-state index contributed by atoms with van der Waals surface area (Å²) in [5.74, 6) is 1.64. The number of fused-ring (bicyclic) bond motifs is 1. The fourth-order valence-corrected chi connectivity index (χ4v) is 2.85. The molecule has 0 saturated heterocycles. The summed E-state index contributed by atoms with van der Waals surface area (Å²) in [5, 5.41) is 5.67. The van der Waals surface area contributed by atoms with Crippen molar-refractivity contribution in [2.75, 3.05) is 5.73 Å². The highest BCUT2D eigenvalue weighted by Crippen LogP contribution is 2.33. The SMILES string of the molecule is Cc1nc(N)c2c(-c3ccc(C(C)C)cc3)nn(C(C)(C)C)c2n1. The summed E-state index contributed by atoms with van der Waals surface area (Å²) in [7, 11) is 0. The third-order valence-electron chi connectivity index (χ3n) is 4.15. The molecule has 3 rings (SSSR count). The average molecular weight is 323 g/mol. The lowest BCUT2D eigenvalue weighted by Gasteiger charge is -2.19. The summed E-state index contributed by atoms with van der Waals surface area (Å²) < 4.78 is 1.94. The number of aryl methyl sites for hydroxylation is 1. The molecule has 0 aliphatic rings. The first-order valence-corrected chi connectivity index (χ1v) is 8.32. The fraction of sp³-hybridized carbons (Fsp3) is 0.421. The summed E-state index contributed by atoms with van der Waals surface area (Å²) in [6, 6.07) is 8.49. The lowest BCUT2D eigenvalue weighted by Crippen LogP contribution is -2.23. The van der Waals surface area contributed by atoms with Gasteiger partial charge in [0.25, 0.3) is 0 Å². The number of anilines is 1. The Morgan fingerprint density at radius 2 is 1.67 bits per heavy atom. The van der Waals surface area contributed by atoms with Crippen LogP contribution < -0.4 is 5.73 Å². The molecule has 0 radical (unpaired) electrons. The molecular formula is C19H25N5. The summed E-state index contributed by atoms with van der Waals surface area (Å²) in [5.41, 5.74) is 10.00. The average Bonchev–Trinajstić information content (AvgIpc) is 2.87. The molecule has 5 heteroatoms. The van der Waals surface area contributed by atoms with Gasteiger partial charge in [0.05, 0.1) is 10.9 Å². The summed E-state index contributed by atoms with van der Waals surface area (Å²) >= 11 is 0. The molecule has 0 aliphatic carbocycles. The molecule has 3 aromatic rings. The number of aromatic nitrogens is 4. The third kappa shape index (κ3) is 2.75. The van der Waals surface area contributed by atoms with E-state index in [1.54, 1.807) is 0 Å². The van der Waals surface area contributed by atoms with Crippen molar-refractivity contribution in [1.82, 2.24) is 19.7 Å². The van der Waals surface area contributed by atoms with Crippen LogP contribution in [0.15, 0.2) is 24.3 Å². The molecule has 5 nitrogen and oxygen atoms in total. The van der Waals surface area contributed by atoms with Crippen molar-refractivity contribution in [2.45, 2.75) is 53.0 Å². The van der Waals surface area contributed by atoms with Gasteiger partial charge >= 0.3 is 0 Å². The highest BCUT2D eigenvalue weighted by atomic mass is 15.3. The number of rotatable bonds is 2. The zero-order valence-corrected chi connectivity index (χ0v) is 15.3. The van der Waals surface area contributed by atoms with Gasteiger partial charge in [-0.3, -0.25) is 0 Å². The molecule has 0 atom stereocenters. The number of nitrogens with zero attached hydrogens (tertiary/aromatic N) is 4. The first kappa shape index (κ1) is 16.4. The van der Waals surface area contributed by atoms with E-state index in [1.807, 2.05) is 11.6 Å². The van der Waals surface area contributed by atoms with Crippen LogP contribution in [0.4, 0.5) is 5.82 Å². The largest absolute Gasteiger partial charge is 0.383 e. The molecular weight excluding hydrogens is 298 g/mol. The summed E-state index contributed by atoms with van der Waals surface area (Å²) in [4.78, 5) is 8.95. The highest BCUT2D eigenvalue weighted by Gasteiger charge is 2.24. The van der Waals surface area contributed by atoms with Crippen molar-refractivity contribution >= 4 is 16.9 Å². The Bertz CT molecular complexity index is 883. The van der Waals surface area contributed by atoms with E-state index in [0.29, 0.717) is 17.6 Å². The molecule has 0 bridgehead atoms. The molecule has 0 aliphatic heterocycles. The molecule has 24 heavy (non-hydrogen) atoms. The maximum atomic E-state index is 6.23. The van der Waals surface area contributed by atoms with Gasteiger partial charge in [-0.25, -0.2) is 14.6 Å². The second kappa shape index (κ2) is 5.58. The zero-order valence-electron chi connectivity index (χ0n) is 15.3. The quantitative estimate of drug-likeness (QED) is 0.765. The Morgan fingerprint density at radius 3 is 2.21 bits per heavy atom. The number of hydrogen-bond acceptors (Lipinski definition) is 4. The van der Waals surface area contributed by atoms with Gasteiger partial charge in [-0.2, -0.15) is 5.10 Å². The van der Waals surface area contributed by atoms with Crippen molar-refractivity contribution in [2.24, 2.45) is 0 Å². The minimum absolute atomic E-state index is 0.193. The Balaban J connectivity index is 2.28. The van der Waals surface area contributed by atoms with Crippen LogP contribution >= 0.6 is 0 Å². The van der Waals surface area contributed by atoms with E-state index >= 15 is 0 Å². The molecule has 0 saturated carbocycles. The van der Waals surface area contributed by atoms with E-state index in [1.165, 1.54) is 5.56 Å². The number of nitrogens with two attached hydrogens (primary N) is 1. The monoisotopic (exact) mass is 323 g/mol. The third-order valence-corrected chi connectivity index (χ3v) is 4.15. The molecule has 126 valence electrons. The van der Waals surface area contributed by atoms with Crippen LogP contribution in [0, 0.1) is 6.92 Å². The van der Waals surface area contributed by atoms with Gasteiger partial charge in [0.15, 0.2) is 5.65 Å². The second-order valence-corrected chi connectivity index (χ2v) is 7.56. The van der Waals surface area contributed by atoms with Crippen molar-refractivity contribution < 1.29 is 0 Å². The molecule has 2 heterocycles. The van der Waals surface area contributed by atoms with E-state index < -0.39 is 0 Å². The lowest BCUT2D eigenvalue weighted by molar-refractivity contribution is 0.366. The molecule has 0 spiro atoms. The van der Waals surface area contributed by atoms with Crippen LogP contribution in [-0.2, 0) is 5.54 Å². The smallest absolute Gasteiger partial charge is 0.164 e. The maximum Gasteiger partial charge on any atom is 0.164 e. The van der Waals surface area contributed by atoms with Crippen molar-refractivity contribution in [3.8, 4) is 11.3 Å². The second-order valence-electron chi connectivity index (χ2n) is 7.56. The highest BCUT2D eigenvalue weighted by molar-refractivity contribution is 5.98. The van der Waals surface area contributed by atoms with Gasteiger partial charge in [0.1, 0.15) is 17.3 Å². The normalized spacial score (nSPS) is 12.3. The number of hydrogen-bond donors (Lipinski definition) is 1. The van der Waals surface area contributed by atoms with Crippen LogP contribution in [0.1, 0.15) is 51.9 Å². The van der Waals surface area contributed by atoms with Gasteiger partial charge in [0, 0.05) is 5.56 Å². The van der Waals surface area contributed by atoms with Gasteiger partial charge in [-0.05, 0) is 39.2 Å². The van der Waals surface area contributed by atoms with Crippen LogP contribution in [-0.4, -0.2) is 19.7 Å². The van der Waals surface area contributed by atoms with Crippen LogP contribution in [0.25, 0.3) is 22.3 Å². The van der Waals surface area contributed by atoms with Gasteiger partial charge < -0.3 is 5.73 Å². The van der Waals surface area contributed by atoms with E-state index in [9.17, 15) is 0 Å². The van der Waals surface area contributed by atoms with Crippen molar-refractivity contribution in [3.05, 3.63) is 35.7 Å². The zero-order chi connectivity index (χ0) is 17.6. The predicted molar refractivity (Wildman–Crippen MR) is 99.0 cm³/mol. The van der Waals surface area contributed by atoms with Crippen LogP contribution in [0.2, 0.25) is 0 Å². The molecule has 2 aromatic heterocycles. The minimum Gasteiger partial charge on any atom is -0.383 e. The van der Waals surface area contributed by atoms with Crippen LogP contribution in [0.5, 0.6) is 0 Å². The van der Waals surface area contributed by atoms with E-state index in [4.69, 9.17) is 10.8 Å². The predicted octanol–water partition coefficient (Wildman–Crippen LogP) is 4.26. The molecule has 0 unspecified atom stereocenters. The molecule has 1 aromatic carbocycles. The lowest BCUT2D eigenvalue weighted by atomic mass is 10.0. The fourth-order valence-electron chi connectivity index (χ4n) is 2.85. The van der Waals surface area contributed by atoms with E-state index in [0.717, 1.165) is 22.3 Å². The summed E-state index contributed by atoms with van der Waals surface area (Å²) in [6.07, 6.45) is 0. The molecule has 0 fully saturated rings. The van der Waals surface area contributed by atoms with E-state index in [2.05, 4.69) is 68.9 Å². The minimum atomic E-state index is -0.193. The first-order valence-electron chi connectivity index (χ1n) is 8.32. The van der Waals surface area contributed by atoms with Crippen LogP contribution in [0.3, 0.4) is 0 Å². The Morgan fingerprint density at radius 1 is 1.04 bits per heavy atom. The van der Waals surface area contributed by atoms with Gasteiger partial charge in [-0.15, -0.1) is 0 Å². The molecule has 0 amide bonds. The molecule has 2 N–H and O–H groups in total. The Labute approximate surface area is 142 Å². The van der Waals surface area contributed by atoms with Gasteiger partial charge in [0.2, 0.25) is 0 Å². The van der Waals surface area contributed by atoms with Gasteiger partial charge in [-0.1, -0.05) is 38.1 Å². The first-order chi connectivity index (χ1) is 11.2. The topological polar surface area (TPSA) is 69.6 Å². The van der Waals surface area contributed by atoms with Crippen molar-refractivity contribution in [3.63, 3.8) is 0 Å². The number of benzene rings is 1. The Hall–Kier alpha value is -2.43. The summed E-state index contributed by atoms with van der Waals surface area (Å²) in [6.45, 7) is 12.6. The Kier molecular flexibility index (Phi) is 3.82. The number of nitrogen functional groups attached to an aromatic ring is 1. The maximum absolute atomic E-state index is 6.23.